The van der Waals surface area contributed by atoms with Crippen molar-refractivity contribution in [2.75, 3.05) is 0 Å². The molecule has 2 aromatic rings. The number of hydrogen-bond acceptors (Lipinski definition) is 2. The zero-order chi connectivity index (χ0) is 45.5. The Labute approximate surface area is 419 Å². The molecule has 2 nitrogen and oxygen atoms in total. The quantitative estimate of drug-likeness (QED) is 0.0359. The summed E-state index contributed by atoms with van der Waals surface area (Å²) >= 11 is 0. The second kappa shape index (κ2) is 48.4. The van der Waals surface area contributed by atoms with E-state index in [9.17, 15) is 0 Å². The third kappa shape index (κ3) is 39.6. The maximum Gasteiger partial charge on any atom is 0.0639 e. The maximum absolute atomic E-state index is 5.08. The molecule has 0 N–H and O–H groups in total. The van der Waals surface area contributed by atoms with Crippen LogP contribution in [-0.4, -0.2) is 11.9 Å². The third-order valence-electron chi connectivity index (χ3n) is 13.2. The van der Waals surface area contributed by atoms with Gasteiger partial charge in [-0.25, -0.2) is 0 Å². The molecule has 0 saturated carbocycles. The predicted molar refractivity (Wildman–Crippen MR) is 293 cm³/mol. The molecule has 0 saturated heterocycles. The zero-order valence-electron chi connectivity index (χ0n) is 43.2. The first kappa shape index (κ1) is 60.9. The molecule has 0 unspecified atom stereocenters. The number of hydrogen-bond donors (Lipinski definition) is 0. The normalized spacial score (nSPS) is 12.1. The molecule has 0 aromatic heterocycles. The van der Waals surface area contributed by atoms with E-state index >= 15 is 0 Å². The van der Waals surface area contributed by atoms with E-state index in [1.807, 2.05) is 6.21 Å². The number of allylic oxidation sites excluding steroid dienone is 2. The molecule has 2 rings (SSSR count). The van der Waals surface area contributed by atoms with Crippen LogP contribution in [0, 0.1) is 0 Å². The Balaban J connectivity index is 0.0000211. The molecule has 3 heteroatoms. The van der Waals surface area contributed by atoms with Gasteiger partial charge in [-0.15, -0.1) is 0 Å². The van der Waals surface area contributed by atoms with E-state index in [-0.39, 0.29) is 20.4 Å². The molecule has 0 radical (unpaired) electrons. The average Bonchev–Trinajstić information content (AvgIpc) is 3.31. The zero-order valence-corrected chi connectivity index (χ0v) is 44.8. The number of aliphatic imine (C=N–C) groups is 2. The molecule has 0 aliphatic heterocycles. The second-order valence-corrected chi connectivity index (χ2v) is 19.6. The topological polar surface area (TPSA) is 24.7 Å². The maximum atomic E-state index is 5.08. The Bertz CT molecular complexity index is 1420. The van der Waals surface area contributed by atoms with Crippen LogP contribution in [0.1, 0.15) is 295 Å². The fourth-order valence-electron chi connectivity index (χ4n) is 9.00. The molecule has 0 aliphatic carbocycles. The van der Waals surface area contributed by atoms with Gasteiger partial charge in [-0.1, -0.05) is 294 Å². The summed E-state index contributed by atoms with van der Waals surface area (Å²) in [4.78, 5) is 9.98. The SMILES string of the molecule is CCCCCCCCCCCCCCCCCCCCC=Cc1cccc(N=CC(CCCC)=Nc2cccc(C=CCCCCCCCCCCCCCCCCCCCC)c2)c1.[Pd]. The van der Waals surface area contributed by atoms with Crippen LogP contribution in [0.4, 0.5) is 11.4 Å². The van der Waals surface area contributed by atoms with E-state index in [2.05, 4.69) is 93.6 Å². The molecule has 65 heavy (non-hydrogen) atoms. The summed E-state index contributed by atoms with van der Waals surface area (Å²) in [6.07, 6.45) is 68.1. The Morgan fingerprint density at radius 3 is 1.03 bits per heavy atom. The van der Waals surface area contributed by atoms with Gasteiger partial charge in [0.15, 0.2) is 0 Å². The van der Waals surface area contributed by atoms with Gasteiger partial charge in [0.25, 0.3) is 0 Å². The van der Waals surface area contributed by atoms with Crippen molar-refractivity contribution in [3.05, 3.63) is 71.8 Å². The van der Waals surface area contributed by atoms with Crippen molar-refractivity contribution in [1.29, 1.82) is 0 Å². The molecule has 0 heterocycles. The molecule has 0 aliphatic rings. The Kier molecular flexibility index (Phi) is 45.4. The van der Waals surface area contributed by atoms with Gasteiger partial charge in [0, 0.05) is 26.6 Å². The molecular formula is C62H104N2Pd. The van der Waals surface area contributed by atoms with Gasteiger partial charge in [-0.2, -0.15) is 0 Å². The largest absolute Gasteiger partial charge is 0.255 e. The van der Waals surface area contributed by atoms with Crippen molar-refractivity contribution in [3.63, 3.8) is 0 Å². The van der Waals surface area contributed by atoms with Gasteiger partial charge < -0.3 is 0 Å². The fraction of sp³-hybridized carbons (Fsp3) is 0.710. The van der Waals surface area contributed by atoms with Gasteiger partial charge in [0.2, 0.25) is 0 Å². The van der Waals surface area contributed by atoms with E-state index < -0.39 is 0 Å². The van der Waals surface area contributed by atoms with Crippen molar-refractivity contribution in [2.45, 2.75) is 284 Å². The first-order chi connectivity index (χ1) is 31.7. The minimum Gasteiger partial charge on any atom is -0.255 e. The summed E-state index contributed by atoms with van der Waals surface area (Å²) in [6, 6.07) is 17.3. The van der Waals surface area contributed by atoms with E-state index in [1.54, 1.807) is 0 Å². The van der Waals surface area contributed by atoms with Crippen LogP contribution in [0.3, 0.4) is 0 Å². The summed E-state index contributed by atoms with van der Waals surface area (Å²) in [5.41, 5.74) is 5.53. The average molecular weight is 984 g/mol. The van der Waals surface area contributed by atoms with Crippen molar-refractivity contribution in [1.82, 2.24) is 0 Å². The molecule has 0 fully saturated rings. The molecule has 0 amide bonds. The molecule has 0 spiro atoms. The van der Waals surface area contributed by atoms with Crippen molar-refractivity contribution < 1.29 is 20.4 Å². The van der Waals surface area contributed by atoms with Crippen LogP contribution < -0.4 is 0 Å². The number of benzene rings is 2. The monoisotopic (exact) mass is 983 g/mol. The van der Waals surface area contributed by atoms with Crippen molar-refractivity contribution in [2.24, 2.45) is 9.98 Å². The van der Waals surface area contributed by atoms with Crippen LogP contribution in [0.5, 0.6) is 0 Å². The minimum atomic E-state index is 0. The first-order valence-electron chi connectivity index (χ1n) is 28.4. The van der Waals surface area contributed by atoms with Gasteiger partial charge in [0.05, 0.1) is 17.1 Å². The first-order valence-corrected chi connectivity index (χ1v) is 28.4. The van der Waals surface area contributed by atoms with E-state index in [0.717, 1.165) is 49.2 Å². The molecule has 2 aromatic carbocycles. The molecule has 0 bridgehead atoms. The van der Waals surface area contributed by atoms with Crippen molar-refractivity contribution >= 4 is 35.5 Å². The number of rotatable bonds is 46. The van der Waals surface area contributed by atoms with Crippen LogP contribution >= 0.6 is 0 Å². The van der Waals surface area contributed by atoms with Gasteiger partial charge in [0.1, 0.15) is 0 Å². The van der Waals surface area contributed by atoms with Crippen LogP contribution in [-0.2, 0) is 20.4 Å². The fourth-order valence-corrected chi connectivity index (χ4v) is 9.00. The van der Waals surface area contributed by atoms with E-state index in [1.165, 1.54) is 242 Å². The van der Waals surface area contributed by atoms with Gasteiger partial charge >= 0.3 is 0 Å². The minimum absolute atomic E-state index is 0. The summed E-state index contributed by atoms with van der Waals surface area (Å²) < 4.78 is 0. The number of nitrogens with zero attached hydrogens (tertiary/aromatic N) is 2. The van der Waals surface area contributed by atoms with Gasteiger partial charge in [-0.3, -0.25) is 9.98 Å². The second-order valence-electron chi connectivity index (χ2n) is 19.6. The smallest absolute Gasteiger partial charge is 0.0639 e. The summed E-state index contributed by atoms with van der Waals surface area (Å²) in [5.74, 6) is 0. The van der Waals surface area contributed by atoms with Crippen LogP contribution in [0.25, 0.3) is 12.2 Å². The Morgan fingerprint density at radius 2 is 0.677 bits per heavy atom. The van der Waals surface area contributed by atoms with Crippen molar-refractivity contribution in [3.8, 4) is 0 Å². The number of unbranched alkanes of at least 4 members (excludes halogenated alkanes) is 37. The molecule has 0 atom stereocenters. The van der Waals surface area contributed by atoms with Crippen LogP contribution in [0.2, 0.25) is 0 Å². The molecule has 372 valence electrons. The van der Waals surface area contributed by atoms with Crippen LogP contribution in [0.15, 0.2) is 70.7 Å². The van der Waals surface area contributed by atoms with E-state index in [0.29, 0.717) is 0 Å². The Morgan fingerprint density at radius 1 is 0.369 bits per heavy atom. The molecular weight excluding hydrogens is 879 g/mol. The summed E-state index contributed by atoms with van der Waals surface area (Å²) in [6.45, 7) is 6.86. The Hall–Kier alpha value is -2.08. The van der Waals surface area contributed by atoms with E-state index in [4.69, 9.17) is 9.98 Å². The summed E-state index contributed by atoms with van der Waals surface area (Å²) in [5, 5.41) is 0. The standard InChI is InChI=1S/C62H104N2.Pd/c1-4-7-10-12-14-16-18-20-22-24-26-28-30-32-34-36-38-40-42-44-48-58-50-46-53-60(55-58)63-57-62(52-9-6-3)64-61-54-47-51-59(56-61)49-45-43-41-39-37-35-33-31-29-27-25-23-21-19-17-15-13-11-8-5-2;/h44-51,53-57H,4-43,52H2,1-3H3;. The van der Waals surface area contributed by atoms with Gasteiger partial charge in [-0.05, 0) is 73.9 Å². The third-order valence-corrected chi connectivity index (χ3v) is 13.2. The summed E-state index contributed by atoms with van der Waals surface area (Å²) in [7, 11) is 0. The predicted octanol–water partition coefficient (Wildman–Crippen LogP) is 22.2.